The Morgan fingerprint density at radius 2 is 2.03 bits per heavy atom. The minimum Gasteiger partial charge on any atom is -0.357 e. The summed E-state index contributed by atoms with van der Waals surface area (Å²) in [6, 6.07) is 5.18. The summed E-state index contributed by atoms with van der Waals surface area (Å²) in [7, 11) is 0. The van der Waals surface area contributed by atoms with Gasteiger partial charge in [-0.25, -0.2) is 14.4 Å². The number of nitrogens with one attached hydrogen (secondary N) is 2. The van der Waals surface area contributed by atoms with Crippen LogP contribution in [-0.2, 0) is 13.1 Å². The molecule has 0 bridgehead atoms. The highest BCUT2D eigenvalue weighted by atomic mass is 127. The third-order valence-electron chi connectivity index (χ3n) is 5.30. The van der Waals surface area contributed by atoms with Gasteiger partial charge in [0.1, 0.15) is 5.82 Å². The number of halogens is 2. The van der Waals surface area contributed by atoms with E-state index in [0.717, 1.165) is 49.3 Å². The molecule has 1 aliphatic rings. The van der Waals surface area contributed by atoms with E-state index in [2.05, 4.69) is 44.7 Å². The monoisotopic (exact) mass is 545 g/mol. The summed E-state index contributed by atoms with van der Waals surface area (Å²) in [5, 5.41) is 10.1. The van der Waals surface area contributed by atoms with Crippen molar-refractivity contribution in [2.24, 2.45) is 10.9 Å². The van der Waals surface area contributed by atoms with E-state index in [9.17, 15) is 4.39 Å². The first-order valence-corrected chi connectivity index (χ1v) is 11.3. The van der Waals surface area contributed by atoms with Crippen LogP contribution in [0.5, 0.6) is 0 Å². The van der Waals surface area contributed by atoms with Crippen LogP contribution in [0.3, 0.4) is 0 Å². The van der Waals surface area contributed by atoms with Crippen LogP contribution in [0.1, 0.15) is 41.6 Å². The number of likely N-dealkylation sites (tertiary alicyclic amines) is 1. The Bertz CT molecular complexity index is 818. The van der Waals surface area contributed by atoms with Crippen molar-refractivity contribution in [3.05, 3.63) is 51.2 Å². The molecule has 8 heteroatoms. The summed E-state index contributed by atoms with van der Waals surface area (Å²) in [4.78, 5) is 11.7. The second-order valence-electron chi connectivity index (χ2n) is 7.74. The van der Waals surface area contributed by atoms with Crippen molar-refractivity contribution in [2.75, 3.05) is 26.2 Å². The van der Waals surface area contributed by atoms with Crippen molar-refractivity contribution in [1.82, 2.24) is 20.5 Å². The first-order valence-electron chi connectivity index (χ1n) is 10.4. The van der Waals surface area contributed by atoms with Crippen LogP contribution in [0.15, 0.2) is 28.6 Å². The summed E-state index contributed by atoms with van der Waals surface area (Å²) in [5.74, 6) is 1.31. The van der Waals surface area contributed by atoms with Crippen LogP contribution in [0, 0.1) is 25.6 Å². The number of hydrogen-bond donors (Lipinski definition) is 2. The van der Waals surface area contributed by atoms with E-state index in [4.69, 9.17) is 0 Å². The summed E-state index contributed by atoms with van der Waals surface area (Å²) >= 11 is 1.73. The number of aryl methyl sites for hydroxylation is 2. The van der Waals surface area contributed by atoms with E-state index in [0.29, 0.717) is 18.0 Å². The molecule has 1 aromatic heterocycles. The normalized spacial score (nSPS) is 15.7. The van der Waals surface area contributed by atoms with E-state index in [1.54, 1.807) is 24.3 Å². The largest absolute Gasteiger partial charge is 0.357 e. The van der Waals surface area contributed by atoms with Gasteiger partial charge in [-0.15, -0.1) is 35.3 Å². The minimum atomic E-state index is -0.168. The van der Waals surface area contributed by atoms with Crippen LogP contribution in [-0.4, -0.2) is 42.0 Å². The van der Waals surface area contributed by atoms with Gasteiger partial charge in [-0.2, -0.15) is 0 Å². The van der Waals surface area contributed by atoms with Gasteiger partial charge in [0.15, 0.2) is 5.96 Å². The minimum absolute atomic E-state index is 0. The zero-order chi connectivity index (χ0) is 20.6. The molecule has 1 aliphatic heterocycles. The Kier molecular flexibility index (Phi) is 10.5. The van der Waals surface area contributed by atoms with Crippen LogP contribution >= 0.6 is 35.3 Å². The van der Waals surface area contributed by atoms with Gasteiger partial charge in [0.05, 0.1) is 17.2 Å². The fourth-order valence-electron chi connectivity index (χ4n) is 3.62. The topological polar surface area (TPSA) is 52.6 Å². The maximum Gasteiger partial charge on any atom is 0.191 e. The standard InChI is InChI=1S/C22H32FN5S.HI/c1-4-24-22(26-13-19-5-6-21(23)16(2)11-19)25-12-18-7-9-28(10-8-18)14-20-15-29-17(3)27-20;/h5-6,11,15,18H,4,7-10,12-14H2,1-3H3,(H2,24,25,26);1H. The van der Waals surface area contributed by atoms with Gasteiger partial charge in [0, 0.05) is 25.0 Å². The molecule has 2 heterocycles. The summed E-state index contributed by atoms with van der Waals surface area (Å²) in [6.07, 6.45) is 2.37. The Morgan fingerprint density at radius 1 is 1.27 bits per heavy atom. The Morgan fingerprint density at radius 3 is 2.67 bits per heavy atom. The number of hydrogen-bond acceptors (Lipinski definition) is 4. The molecular weight excluding hydrogens is 512 g/mol. The Labute approximate surface area is 200 Å². The van der Waals surface area contributed by atoms with Gasteiger partial charge in [-0.3, -0.25) is 4.90 Å². The van der Waals surface area contributed by atoms with Crippen molar-refractivity contribution in [3.8, 4) is 0 Å². The molecule has 2 N–H and O–H groups in total. The molecule has 0 unspecified atom stereocenters. The molecule has 3 rings (SSSR count). The molecule has 0 radical (unpaired) electrons. The lowest BCUT2D eigenvalue weighted by molar-refractivity contribution is 0.176. The average molecular weight is 546 g/mol. The molecule has 0 amide bonds. The maximum atomic E-state index is 13.4. The number of piperidine rings is 1. The number of nitrogens with zero attached hydrogens (tertiary/aromatic N) is 3. The second-order valence-corrected chi connectivity index (χ2v) is 8.80. The quantitative estimate of drug-likeness (QED) is 0.306. The fourth-order valence-corrected chi connectivity index (χ4v) is 4.22. The average Bonchev–Trinajstić information content (AvgIpc) is 3.12. The maximum absolute atomic E-state index is 13.4. The number of guanidine groups is 1. The van der Waals surface area contributed by atoms with Gasteiger partial charge in [-0.05, 0) is 69.8 Å². The van der Waals surface area contributed by atoms with E-state index in [1.165, 1.54) is 24.6 Å². The van der Waals surface area contributed by atoms with E-state index in [-0.39, 0.29) is 29.8 Å². The van der Waals surface area contributed by atoms with Crippen LogP contribution in [0.4, 0.5) is 4.39 Å². The fraction of sp³-hybridized carbons (Fsp3) is 0.545. The van der Waals surface area contributed by atoms with Gasteiger partial charge in [-0.1, -0.05) is 12.1 Å². The van der Waals surface area contributed by atoms with Gasteiger partial charge >= 0.3 is 0 Å². The number of thiazole rings is 1. The first-order chi connectivity index (χ1) is 14.0. The van der Waals surface area contributed by atoms with Crippen molar-refractivity contribution < 1.29 is 4.39 Å². The molecule has 1 fully saturated rings. The van der Waals surface area contributed by atoms with Gasteiger partial charge < -0.3 is 10.6 Å². The highest BCUT2D eigenvalue weighted by Crippen LogP contribution is 2.19. The lowest BCUT2D eigenvalue weighted by atomic mass is 9.97. The van der Waals surface area contributed by atoms with Crippen molar-refractivity contribution in [1.29, 1.82) is 0 Å². The molecule has 30 heavy (non-hydrogen) atoms. The smallest absolute Gasteiger partial charge is 0.191 e. The van der Waals surface area contributed by atoms with Crippen LogP contribution < -0.4 is 10.6 Å². The molecule has 0 atom stereocenters. The number of aromatic nitrogens is 1. The highest BCUT2D eigenvalue weighted by molar-refractivity contribution is 14.0. The lowest BCUT2D eigenvalue weighted by Gasteiger charge is -2.31. The van der Waals surface area contributed by atoms with Crippen molar-refractivity contribution >= 4 is 41.3 Å². The predicted octanol–water partition coefficient (Wildman–Crippen LogP) is 4.48. The summed E-state index contributed by atoms with van der Waals surface area (Å²) < 4.78 is 13.4. The Hall–Kier alpha value is -1.26. The molecule has 0 saturated carbocycles. The summed E-state index contributed by atoms with van der Waals surface area (Å²) in [5.41, 5.74) is 2.88. The summed E-state index contributed by atoms with van der Waals surface area (Å²) in [6.45, 7) is 11.4. The highest BCUT2D eigenvalue weighted by Gasteiger charge is 2.20. The lowest BCUT2D eigenvalue weighted by Crippen LogP contribution is -2.42. The molecule has 1 aromatic carbocycles. The molecule has 5 nitrogen and oxygen atoms in total. The predicted molar refractivity (Wildman–Crippen MR) is 134 cm³/mol. The third kappa shape index (κ3) is 7.77. The SMILES string of the molecule is CCNC(=NCc1ccc(F)c(C)c1)NCC1CCN(Cc2csc(C)n2)CC1.I. The van der Waals surface area contributed by atoms with Crippen molar-refractivity contribution in [2.45, 2.75) is 46.7 Å². The number of benzene rings is 1. The van der Waals surface area contributed by atoms with Crippen molar-refractivity contribution in [3.63, 3.8) is 0 Å². The molecule has 2 aromatic rings. The van der Waals surface area contributed by atoms with E-state index >= 15 is 0 Å². The molecule has 0 aliphatic carbocycles. The molecule has 1 saturated heterocycles. The zero-order valence-electron chi connectivity index (χ0n) is 18.1. The van der Waals surface area contributed by atoms with Gasteiger partial charge in [0.2, 0.25) is 0 Å². The number of aliphatic imine (C=N–C) groups is 1. The zero-order valence-corrected chi connectivity index (χ0v) is 21.2. The molecule has 166 valence electrons. The van der Waals surface area contributed by atoms with Crippen LogP contribution in [0.25, 0.3) is 0 Å². The van der Waals surface area contributed by atoms with E-state index < -0.39 is 0 Å². The first kappa shape index (κ1) is 25.0. The van der Waals surface area contributed by atoms with Gasteiger partial charge in [0.25, 0.3) is 0 Å². The van der Waals surface area contributed by atoms with E-state index in [1.807, 2.05) is 6.07 Å². The number of rotatable bonds is 7. The second kappa shape index (κ2) is 12.6. The molecular formula is C22H33FIN5S. The third-order valence-corrected chi connectivity index (χ3v) is 6.13. The molecule has 0 spiro atoms. The Balaban J connectivity index is 0.00000320. The van der Waals surface area contributed by atoms with Crippen LogP contribution in [0.2, 0.25) is 0 Å².